The maximum atomic E-state index is 12.8. The van der Waals surface area contributed by atoms with E-state index in [9.17, 15) is 4.79 Å². The van der Waals surface area contributed by atoms with Crippen molar-refractivity contribution in [3.8, 4) is 0 Å². The van der Waals surface area contributed by atoms with Crippen LogP contribution < -0.4 is 10.2 Å². The molecule has 2 aliphatic rings. The number of carbonyl (C=O) groups is 1. The number of carbonyl (C=O) groups excluding carboxylic acids is 1. The molecule has 1 amide bonds. The highest BCUT2D eigenvalue weighted by atomic mass is 35.5. The molecule has 2 aliphatic heterocycles. The largest absolute Gasteiger partial charge is 0.356 e. The predicted molar refractivity (Wildman–Crippen MR) is 124 cm³/mol. The molecule has 0 radical (unpaired) electrons. The maximum absolute atomic E-state index is 12.8. The van der Waals surface area contributed by atoms with Gasteiger partial charge in [0.15, 0.2) is 0 Å². The minimum Gasteiger partial charge on any atom is -0.356 e. The Labute approximate surface area is 190 Å². The summed E-state index contributed by atoms with van der Waals surface area (Å²) >= 11 is 6.30. The van der Waals surface area contributed by atoms with Crippen molar-refractivity contribution in [2.75, 3.05) is 37.6 Å². The number of hydrogen-bond acceptors (Lipinski definition) is 5. The van der Waals surface area contributed by atoms with Gasteiger partial charge >= 0.3 is 0 Å². The van der Waals surface area contributed by atoms with E-state index in [1.165, 1.54) is 5.56 Å². The van der Waals surface area contributed by atoms with Crippen LogP contribution >= 0.6 is 11.6 Å². The maximum Gasteiger partial charge on any atom is 0.225 e. The third kappa shape index (κ3) is 5.95. The van der Waals surface area contributed by atoms with Gasteiger partial charge in [0.2, 0.25) is 11.9 Å². The number of aryl methyl sites for hydroxylation is 1. The number of benzene rings is 1. The van der Waals surface area contributed by atoms with Gasteiger partial charge in [-0.3, -0.25) is 9.69 Å². The number of hydrogen-bond donors (Lipinski definition) is 1. The number of nitrogens with one attached hydrogen (secondary N) is 1. The smallest absolute Gasteiger partial charge is 0.225 e. The molecule has 1 N–H and O–H groups in total. The second-order valence-electron chi connectivity index (χ2n) is 8.84. The molecule has 2 saturated heterocycles. The molecular formula is C24H32ClN5O. The second kappa shape index (κ2) is 10.4. The van der Waals surface area contributed by atoms with E-state index in [1.807, 2.05) is 31.2 Å². The lowest BCUT2D eigenvalue weighted by molar-refractivity contribution is -0.125. The second-order valence-corrected chi connectivity index (χ2v) is 9.25. The van der Waals surface area contributed by atoms with E-state index in [0.717, 1.165) is 75.1 Å². The van der Waals surface area contributed by atoms with E-state index in [-0.39, 0.29) is 11.8 Å². The molecular weight excluding hydrogens is 410 g/mol. The summed E-state index contributed by atoms with van der Waals surface area (Å²) in [7, 11) is 0. The van der Waals surface area contributed by atoms with Crippen LogP contribution in [0.3, 0.4) is 0 Å². The van der Waals surface area contributed by atoms with Gasteiger partial charge in [0, 0.05) is 43.1 Å². The van der Waals surface area contributed by atoms with Crippen molar-refractivity contribution in [1.82, 2.24) is 20.2 Å². The number of rotatable bonds is 6. The van der Waals surface area contributed by atoms with Gasteiger partial charge in [0.1, 0.15) is 0 Å². The Balaban J connectivity index is 1.21. The summed E-state index contributed by atoms with van der Waals surface area (Å²) in [5.41, 5.74) is 2.15. The van der Waals surface area contributed by atoms with Crippen LogP contribution in [-0.2, 0) is 11.3 Å². The quantitative estimate of drug-likeness (QED) is 0.740. The Bertz CT molecular complexity index is 884. The van der Waals surface area contributed by atoms with Crippen molar-refractivity contribution in [2.45, 2.75) is 39.2 Å². The first-order valence-corrected chi connectivity index (χ1v) is 11.7. The fourth-order valence-electron chi connectivity index (χ4n) is 4.57. The first-order valence-electron chi connectivity index (χ1n) is 11.4. The number of anilines is 1. The summed E-state index contributed by atoms with van der Waals surface area (Å²) in [4.78, 5) is 26.3. The zero-order chi connectivity index (χ0) is 21.6. The molecule has 1 aromatic carbocycles. The lowest BCUT2D eigenvalue weighted by Gasteiger charge is -2.34. The molecule has 0 bridgehead atoms. The van der Waals surface area contributed by atoms with Crippen molar-refractivity contribution in [3.63, 3.8) is 0 Å². The molecule has 3 heterocycles. The summed E-state index contributed by atoms with van der Waals surface area (Å²) < 4.78 is 0. The van der Waals surface area contributed by atoms with Gasteiger partial charge in [-0.05, 0) is 69.3 Å². The van der Waals surface area contributed by atoms with Crippen LogP contribution in [0.2, 0.25) is 5.02 Å². The molecule has 2 fully saturated rings. The summed E-state index contributed by atoms with van der Waals surface area (Å²) in [6, 6.07) is 9.97. The van der Waals surface area contributed by atoms with Crippen LogP contribution in [0.15, 0.2) is 36.5 Å². The molecule has 1 aromatic heterocycles. The van der Waals surface area contributed by atoms with Gasteiger partial charge in [0.25, 0.3) is 0 Å². The van der Waals surface area contributed by atoms with Crippen LogP contribution in [0, 0.1) is 18.8 Å². The topological polar surface area (TPSA) is 61.4 Å². The predicted octanol–water partition coefficient (Wildman–Crippen LogP) is 3.68. The molecule has 1 atom stereocenters. The van der Waals surface area contributed by atoms with Crippen LogP contribution in [0.25, 0.3) is 0 Å². The van der Waals surface area contributed by atoms with Crippen LogP contribution in [0.4, 0.5) is 5.95 Å². The van der Waals surface area contributed by atoms with Gasteiger partial charge in [-0.15, -0.1) is 0 Å². The van der Waals surface area contributed by atoms with E-state index in [1.54, 1.807) is 6.20 Å². The minimum absolute atomic E-state index is 0.0122. The first-order chi connectivity index (χ1) is 15.1. The van der Waals surface area contributed by atoms with Crippen molar-refractivity contribution < 1.29 is 4.79 Å². The number of piperidine rings is 2. The van der Waals surface area contributed by atoms with Gasteiger partial charge in [0.05, 0.1) is 5.92 Å². The van der Waals surface area contributed by atoms with Crippen LogP contribution in [0.5, 0.6) is 0 Å². The monoisotopic (exact) mass is 441 g/mol. The van der Waals surface area contributed by atoms with Crippen molar-refractivity contribution >= 4 is 23.5 Å². The highest BCUT2D eigenvalue weighted by Gasteiger charge is 2.28. The standard InChI is InChI=1S/C24H32ClN5O/c1-18-8-11-26-24(28-18)30-12-4-6-21(17-30)23(31)27-15-19-9-13-29(14-10-19)16-20-5-2-3-7-22(20)25/h2-3,5,7-8,11,19,21H,4,6,9-10,12-17H2,1H3,(H,27,31)/t21-/m0/s1. The minimum atomic E-state index is 0.0122. The SMILES string of the molecule is Cc1ccnc(N2CCC[C@H](C(=O)NCC3CCN(Cc4ccccc4Cl)CC3)C2)n1. The van der Waals surface area contributed by atoms with E-state index >= 15 is 0 Å². The highest BCUT2D eigenvalue weighted by molar-refractivity contribution is 6.31. The third-order valence-electron chi connectivity index (χ3n) is 6.48. The van der Waals surface area contributed by atoms with Crippen molar-refractivity contribution in [2.24, 2.45) is 11.8 Å². The average molecular weight is 442 g/mol. The zero-order valence-electron chi connectivity index (χ0n) is 18.3. The summed E-state index contributed by atoms with van der Waals surface area (Å²) in [6.45, 7) is 7.36. The summed E-state index contributed by atoms with van der Waals surface area (Å²) in [6.07, 6.45) is 5.94. The number of aromatic nitrogens is 2. The van der Waals surface area contributed by atoms with Gasteiger partial charge in [-0.2, -0.15) is 0 Å². The van der Waals surface area contributed by atoms with Gasteiger partial charge < -0.3 is 10.2 Å². The van der Waals surface area contributed by atoms with E-state index in [0.29, 0.717) is 12.5 Å². The molecule has 6 nitrogen and oxygen atoms in total. The molecule has 31 heavy (non-hydrogen) atoms. The lowest BCUT2D eigenvalue weighted by atomic mass is 9.94. The molecule has 0 unspecified atom stereocenters. The van der Waals surface area contributed by atoms with E-state index in [2.05, 4.69) is 31.2 Å². The fourth-order valence-corrected chi connectivity index (χ4v) is 4.76. The molecule has 0 spiro atoms. The summed E-state index contributed by atoms with van der Waals surface area (Å²) in [5, 5.41) is 4.08. The number of amides is 1. The molecule has 7 heteroatoms. The molecule has 4 rings (SSSR count). The Kier molecular flexibility index (Phi) is 7.41. The van der Waals surface area contributed by atoms with Crippen LogP contribution in [0.1, 0.15) is 36.9 Å². The Morgan fingerprint density at radius 3 is 2.74 bits per heavy atom. The zero-order valence-corrected chi connectivity index (χ0v) is 19.0. The average Bonchev–Trinajstić information content (AvgIpc) is 2.80. The number of nitrogens with zero attached hydrogens (tertiary/aromatic N) is 4. The number of likely N-dealkylation sites (tertiary alicyclic amines) is 1. The van der Waals surface area contributed by atoms with E-state index < -0.39 is 0 Å². The first kappa shape index (κ1) is 22.0. The Morgan fingerprint density at radius 2 is 1.97 bits per heavy atom. The molecule has 0 saturated carbocycles. The molecule has 2 aromatic rings. The summed E-state index contributed by atoms with van der Waals surface area (Å²) in [5.74, 6) is 1.48. The normalized spacial score (nSPS) is 20.6. The van der Waals surface area contributed by atoms with Crippen LogP contribution in [-0.4, -0.2) is 53.5 Å². The van der Waals surface area contributed by atoms with Crippen molar-refractivity contribution in [1.29, 1.82) is 0 Å². The number of halogens is 1. The third-order valence-corrected chi connectivity index (χ3v) is 6.85. The van der Waals surface area contributed by atoms with Crippen molar-refractivity contribution in [3.05, 3.63) is 52.8 Å². The van der Waals surface area contributed by atoms with Gasteiger partial charge in [-0.1, -0.05) is 29.8 Å². The lowest BCUT2D eigenvalue weighted by Crippen LogP contribution is -2.45. The van der Waals surface area contributed by atoms with Gasteiger partial charge in [-0.25, -0.2) is 9.97 Å². The Hall–Kier alpha value is -2.18. The fraction of sp³-hybridized carbons (Fsp3) is 0.542. The highest BCUT2D eigenvalue weighted by Crippen LogP contribution is 2.23. The van der Waals surface area contributed by atoms with E-state index in [4.69, 9.17) is 11.6 Å². The Morgan fingerprint density at radius 1 is 1.16 bits per heavy atom. The molecule has 166 valence electrons. The molecule has 0 aliphatic carbocycles.